The maximum Gasteiger partial charge on any atom is 0.0922 e. The van der Waals surface area contributed by atoms with E-state index in [4.69, 9.17) is 0 Å². The van der Waals surface area contributed by atoms with E-state index in [1.54, 1.807) is 0 Å². The molecule has 0 aliphatic rings. The van der Waals surface area contributed by atoms with Gasteiger partial charge in [0.15, 0.2) is 0 Å². The smallest absolute Gasteiger partial charge is 0.0922 e. The normalized spacial score (nSPS) is 15.2. The lowest BCUT2D eigenvalue weighted by molar-refractivity contribution is -0.0200. The first kappa shape index (κ1) is 20.6. The molecule has 2 atom stereocenters. The van der Waals surface area contributed by atoms with Crippen molar-refractivity contribution in [1.82, 2.24) is 0 Å². The molecular formula is C26H32OSi. The van der Waals surface area contributed by atoms with E-state index in [0.717, 1.165) is 12.0 Å². The van der Waals surface area contributed by atoms with Gasteiger partial charge in [0, 0.05) is 0 Å². The van der Waals surface area contributed by atoms with Crippen LogP contribution in [0.4, 0.5) is 0 Å². The van der Waals surface area contributed by atoms with E-state index in [9.17, 15) is 5.11 Å². The molecule has 0 amide bonds. The Kier molecular flexibility index (Phi) is 6.22. The van der Waals surface area contributed by atoms with E-state index in [2.05, 4.69) is 99.7 Å². The van der Waals surface area contributed by atoms with Gasteiger partial charge < -0.3 is 5.11 Å². The predicted octanol–water partition coefficient (Wildman–Crippen LogP) is 5.86. The van der Waals surface area contributed by atoms with Crippen molar-refractivity contribution in [1.29, 1.82) is 0 Å². The van der Waals surface area contributed by atoms with E-state index in [1.165, 1.54) is 10.8 Å². The van der Waals surface area contributed by atoms with Gasteiger partial charge in [-0.2, -0.15) is 0 Å². The van der Waals surface area contributed by atoms with Crippen LogP contribution in [0.15, 0.2) is 91.0 Å². The topological polar surface area (TPSA) is 20.2 Å². The van der Waals surface area contributed by atoms with Crippen LogP contribution in [0.25, 0.3) is 0 Å². The average molecular weight is 389 g/mol. The van der Waals surface area contributed by atoms with Crippen LogP contribution in [-0.2, 0) is 5.60 Å². The van der Waals surface area contributed by atoms with Crippen LogP contribution in [0, 0.1) is 5.92 Å². The molecule has 1 nitrogen and oxygen atoms in total. The molecule has 0 bridgehead atoms. The lowest BCUT2D eigenvalue weighted by atomic mass is 9.79. The van der Waals surface area contributed by atoms with Crippen molar-refractivity contribution in [2.45, 2.75) is 44.5 Å². The van der Waals surface area contributed by atoms with Crippen molar-refractivity contribution in [3.8, 4) is 0 Å². The van der Waals surface area contributed by atoms with Crippen LogP contribution in [0.2, 0.25) is 13.1 Å². The fraction of sp³-hybridized carbons (Fsp3) is 0.308. The second-order valence-corrected chi connectivity index (χ2v) is 13.4. The van der Waals surface area contributed by atoms with E-state index < -0.39 is 13.7 Å². The third kappa shape index (κ3) is 4.13. The lowest BCUT2D eigenvalue weighted by Crippen LogP contribution is -2.50. The first-order chi connectivity index (χ1) is 13.4. The summed E-state index contributed by atoms with van der Waals surface area (Å²) in [6.07, 6.45) is 0.729. The number of hydrogen-bond acceptors (Lipinski definition) is 1. The van der Waals surface area contributed by atoms with Crippen LogP contribution in [-0.4, -0.2) is 13.2 Å². The van der Waals surface area contributed by atoms with Crippen LogP contribution >= 0.6 is 0 Å². The van der Waals surface area contributed by atoms with Crippen LogP contribution in [0.1, 0.15) is 36.9 Å². The molecule has 28 heavy (non-hydrogen) atoms. The molecule has 3 aromatic carbocycles. The third-order valence-corrected chi connectivity index (χ3v) is 10.4. The number of aliphatic hydroxyl groups is 1. The summed E-state index contributed by atoms with van der Waals surface area (Å²) in [5, 5.41) is 13.4. The standard InChI is InChI=1S/C26H32OSi/c1-21(2)26(27,23-16-10-6-11-17-23)20-25(22-14-8-5-9-15-22)28(3,4)24-18-12-7-13-19-24/h5-19,21,25,27H,20H2,1-4H3/t25-,26-/m1/s1. The van der Waals surface area contributed by atoms with E-state index in [0.29, 0.717) is 5.54 Å². The first-order valence-electron chi connectivity index (χ1n) is 10.2. The van der Waals surface area contributed by atoms with Gasteiger partial charge in [-0.3, -0.25) is 0 Å². The van der Waals surface area contributed by atoms with E-state index >= 15 is 0 Å². The molecular weight excluding hydrogens is 356 g/mol. The van der Waals surface area contributed by atoms with Gasteiger partial charge in [-0.15, -0.1) is 0 Å². The van der Waals surface area contributed by atoms with Gasteiger partial charge in [0.25, 0.3) is 0 Å². The Morgan fingerprint density at radius 2 is 1.21 bits per heavy atom. The van der Waals surface area contributed by atoms with E-state index in [-0.39, 0.29) is 5.92 Å². The molecule has 146 valence electrons. The minimum Gasteiger partial charge on any atom is -0.385 e. The van der Waals surface area contributed by atoms with Crippen molar-refractivity contribution < 1.29 is 5.11 Å². The number of benzene rings is 3. The summed E-state index contributed by atoms with van der Waals surface area (Å²) in [5.74, 6) is 0.127. The molecule has 0 spiro atoms. The minimum absolute atomic E-state index is 0.127. The van der Waals surface area contributed by atoms with Gasteiger partial charge in [0.1, 0.15) is 0 Å². The fourth-order valence-electron chi connectivity index (χ4n) is 4.27. The van der Waals surface area contributed by atoms with Gasteiger partial charge in [-0.05, 0) is 29.0 Å². The van der Waals surface area contributed by atoms with Gasteiger partial charge in [-0.25, -0.2) is 0 Å². The summed E-state index contributed by atoms with van der Waals surface area (Å²) < 4.78 is 0. The summed E-state index contributed by atoms with van der Waals surface area (Å²) in [7, 11) is -1.90. The van der Waals surface area contributed by atoms with Gasteiger partial charge in [-0.1, -0.05) is 123 Å². The largest absolute Gasteiger partial charge is 0.385 e. The van der Waals surface area contributed by atoms with Crippen molar-refractivity contribution in [3.05, 3.63) is 102 Å². The fourth-order valence-corrected chi connectivity index (χ4v) is 7.57. The zero-order valence-electron chi connectivity index (χ0n) is 17.5. The second kappa shape index (κ2) is 8.46. The zero-order chi connectivity index (χ0) is 20.2. The molecule has 0 radical (unpaired) electrons. The van der Waals surface area contributed by atoms with Gasteiger partial charge in [0.2, 0.25) is 0 Å². The SMILES string of the molecule is CC(C)[C@](O)(C[C@H](c1ccccc1)[Si](C)(C)c1ccccc1)c1ccccc1. The molecule has 0 saturated carbocycles. The molecule has 0 heterocycles. The third-order valence-electron chi connectivity index (χ3n) is 6.34. The van der Waals surface area contributed by atoms with Crippen molar-refractivity contribution >= 4 is 13.3 Å². The molecule has 3 rings (SSSR count). The molecule has 2 heteroatoms. The van der Waals surface area contributed by atoms with Crippen LogP contribution in [0.3, 0.4) is 0 Å². The van der Waals surface area contributed by atoms with Crippen LogP contribution in [0.5, 0.6) is 0 Å². The van der Waals surface area contributed by atoms with Crippen LogP contribution < -0.4 is 5.19 Å². The first-order valence-corrected chi connectivity index (χ1v) is 13.3. The summed E-state index contributed by atoms with van der Waals surface area (Å²) in [5.41, 5.74) is 1.80. The molecule has 0 saturated heterocycles. The quantitative estimate of drug-likeness (QED) is 0.503. The van der Waals surface area contributed by atoms with Crippen molar-refractivity contribution in [2.75, 3.05) is 0 Å². The second-order valence-electron chi connectivity index (χ2n) is 8.70. The highest BCUT2D eigenvalue weighted by Crippen LogP contribution is 2.42. The zero-order valence-corrected chi connectivity index (χ0v) is 18.5. The molecule has 0 fully saturated rings. The Hall–Kier alpha value is -2.16. The Balaban J connectivity index is 2.10. The van der Waals surface area contributed by atoms with Gasteiger partial charge >= 0.3 is 0 Å². The summed E-state index contributed by atoms with van der Waals surface area (Å²) in [6.45, 7) is 9.13. The van der Waals surface area contributed by atoms with Crippen molar-refractivity contribution in [2.24, 2.45) is 5.92 Å². The Morgan fingerprint density at radius 3 is 1.71 bits per heavy atom. The molecule has 3 aromatic rings. The highest BCUT2D eigenvalue weighted by molar-refractivity contribution is 6.90. The monoisotopic (exact) mass is 388 g/mol. The Labute approximate surface area is 171 Å². The molecule has 0 aromatic heterocycles. The number of rotatable bonds is 7. The Bertz CT molecular complexity index is 859. The lowest BCUT2D eigenvalue weighted by Gasteiger charge is -2.42. The molecule has 1 N–H and O–H groups in total. The summed E-state index contributed by atoms with van der Waals surface area (Å²) >= 11 is 0. The Morgan fingerprint density at radius 1 is 0.750 bits per heavy atom. The summed E-state index contributed by atoms with van der Waals surface area (Å²) in [4.78, 5) is 0. The highest BCUT2D eigenvalue weighted by Gasteiger charge is 2.43. The van der Waals surface area contributed by atoms with Gasteiger partial charge in [0.05, 0.1) is 13.7 Å². The molecule has 0 aliphatic heterocycles. The molecule has 0 unspecified atom stereocenters. The minimum atomic E-state index is -1.90. The number of hydrogen-bond donors (Lipinski definition) is 1. The molecule has 0 aliphatic carbocycles. The van der Waals surface area contributed by atoms with E-state index in [1.807, 2.05) is 18.2 Å². The summed E-state index contributed by atoms with van der Waals surface area (Å²) in [6, 6.07) is 31.9. The average Bonchev–Trinajstić information content (AvgIpc) is 2.73. The predicted molar refractivity (Wildman–Crippen MR) is 123 cm³/mol. The highest BCUT2D eigenvalue weighted by atomic mass is 28.3. The maximum absolute atomic E-state index is 11.9. The van der Waals surface area contributed by atoms with Crippen molar-refractivity contribution in [3.63, 3.8) is 0 Å². The maximum atomic E-state index is 11.9.